The van der Waals surface area contributed by atoms with Crippen molar-refractivity contribution >= 4 is 11.8 Å². The number of aromatic nitrogens is 1. The Morgan fingerprint density at radius 3 is 2.72 bits per heavy atom. The van der Waals surface area contributed by atoms with Gasteiger partial charge in [0.25, 0.3) is 0 Å². The predicted molar refractivity (Wildman–Crippen MR) is 59.2 cm³/mol. The third-order valence-corrected chi connectivity index (χ3v) is 2.28. The molecule has 18 heavy (non-hydrogen) atoms. The summed E-state index contributed by atoms with van der Waals surface area (Å²) < 4.78 is 37.3. The summed E-state index contributed by atoms with van der Waals surface area (Å²) in [7, 11) is 0. The number of anilines is 1. The normalized spacial score (nSPS) is 13.1. The first-order chi connectivity index (χ1) is 8.34. The Kier molecular flexibility index (Phi) is 4.52. The van der Waals surface area contributed by atoms with E-state index >= 15 is 0 Å². The van der Waals surface area contributed by atoms with Crippen LogP contribution in [-0.2, 0) is 11.0 Å². The third-order valence-electron chi connectivity index (χ3n) is 2.28. The molecule has 0 saturated heterocycles. The van der Waals surface area contributed by atoms with Gasteiger partial charge in [-0.3, -0.25) is 0 Å². The Balaban J connectivity index is 2.87. The van der Waals surface area contributed by atoms with Crippen LogP contribution < -0.4 is 5.32 Å². The lowest BCUT2D eigenvalue weighted by Gasteiger charge is -2.15. The number of carbonyl (C=O) groups is 1. The molecule has 0 aliphatic carbocycles. The first-order valence-corrected chi connectivity index (χ1v) is 5.37. The molecule has 1 aromatic rings. The van der Waals surface area contributed by atoms with Crippen LogP contribution in [0.1, 0.15) is 25.3 Å². The maximum Gasteiger partial charge on any atom is 0.416 e. The summed E-state index contributed by atoms with van der Waals surface area (Å²) in [5.41, 5.74) is -0.861. The highest BCUT2D eigenvalue weighted by Crippen LogP contribution is 2.30. The van der Waals surface area contributed by atoms with Gasteiger partial charge in [0.05, 0.1) is 5.56 Å². The van der Waals surface area contributed by atoms with Crippen molar-refractivity contribution in [2.45, 2.75) is 32.0 Å². The average Bonchev–Trinajstić information content (AvgIpc) is 2.27. The van der Waals surface area contributed by atoms with E-state index in [-0.39, 0.29) is 5.82 Å². The van der Waals surface area contributed by atoms with Crippen LogP contribution in [0.2, 0.25) is 0 Å². The minimum atomic E-state index is -4.47. The van der Waals surface area contributed by atoms with Gasteiger partial charge in [0.1, 0.15) is 11.9 Å². The second-order valence-corrected chi connectivity index (χ2v) is 3.75. The fourth-order valence-electron chi connectivity index (χ4n) is 1.41. The highest BCUT2D eigenvalue weighted by Gasteiger charge is 2.31. The molecule has 1 rings (SSSR count). The van der Waals surface area contributed by atoms with Crippen molar-refractivity contribution in [1.82, 2.24) is 4.98 Å². The second-order valence-electron chi connectivity index (χ2n) is 3.75. The molecule has 4 nitrogen and oxygen atoms in total. The minimum Gasteiger partial charge on any atom is -0.480 e. The van der Waals surface area contributed by atoms with Crippen molar-refractivity contribution in [1.29, 1.82) is 0 Å². The second kappa shape index (κ2) is 5.70. The molecule has 0 aliphatic rings. The predicted octanol–water partition coefficient (Wildman–Crippen LogP) is 2.77. The van der Waals surface area contributed by atoms with Crippen LogP contribution >= 0.6 is 0 Å². The molecule has 1 aromatic heterocycles. The number of carboxylic acids is 1. The number of hydrogen-bond acceptors (Lipinski definition) is 3. The van der Waals surface area contributed by atoms with Crippen LogP contribution in [0.4, 0.5) is 19.0 Å². The summed E-state index contributed by atoms with van der Waals surface area (Å²) >= 11 is 0. The van der Waals surface area contributed by atoms with Crippen molar-refractivity contribution < 1.29 is 23.1 Å². The van der Waals surface area contributed by atoms with Gasteiger partial charge in [-0.2, -0.15) is 13.2 Å². The lowest BCUT2D eigenvalue weighted by Crippen LogP contribution is -2.29. The molecule has 1 heterocycles. The maximum atomic E-state index is 12.4. The van der Waals surface area contributed by atoms with E-state index in [1.54, 1.807) is 6.92 Å². The standard InChI is InChI=1S/C11H13F3N2O2/c1-2-3-8(10(17)18)16-9-6-7(4-5-15-9)11(12,13)14/h4-6,8H,2-3H2,1H3,(H,15,16)(H,17,18). The van der Waals surface area contributed by atoms with Crippen molar-refractivity contribution in [2.24, 2.45) is 0 Å². The lowest BCUT2D eigenvalue weighted by atomic mass is 10.1. The first-order valence-electron chi connectivity index (χ1n) is 5.37. The molecule has 2 N–H and O–H groups in total. The number of hydrogen-bond donors (Lipinski definition) is 2. The van der Waals surface area contributed by atoms with Crippen LogP contribution in [0.3, 0.4) is 0 Å². The largest absolute Gasteiger partial charge is 0.480 e. The third kappa shape index (κ3) is 3.90. The molecule has 0 aliphatic heterocycles. The summed E-state index contributed by atoms with van der Waals surface area (Å²) in [6.45, 7) is 1.79. The highest BCUT2D eigenvalue weighted by atomic mass is 19.4. The van der Waals surface area contributed by atoms with Crippen LogP contribution in [-0.4, -0.2) is 22.1 Å². The molecule has 100 valence electrons. The molecule has 0 bridgehead atoms. The lowest BCUT2D eigenvalue weighted by molar-refractivity contribution is -0.138. The van der Waals surface area contributed by atoms with Gasteiger partial charge < -0.3 is 10.4 Å². The molecule has 0 saturated carbocycles. The SMILES string of the molecule is CCCC(Nc1cc(C(F)(F)F)ccn1)C(=O)O. The Labute approximate surface area is 102 Å². The molecule has 7 heteroatoms. The fraction of sp³-hybridized carbons (Fsp3) is 0.455. The van der Waals surface area contributed by atoms with Gasteiger partial charge >= 0.3 is 12.1 Å². The average molecular weight is 262 g/mol. The topological polar surface area (TPSA) is 62.2 Å². The highest BCUT2D eigenvalue weighted by molar-refractivity contribution is 5.76. The van der Waals surface area contributed by atoms with Gasteiger partial charge in [-0.25, -0.2) is 9.78 Å². The van der Waals surface area contributed by atoms with E-state index in [9.17, 15) is 18.0 Å². The van der Waals surface area contributed by atoms with E-state index in [0.29, 0.717) is 12.8 Å². The van der Waals surface area contributed by atoms with E-state index in [1.165, 1.54) is 0 Å². The summed E-state index contributed by atoms with van der Waals surface area (Å²) in [5.74, 6) is -1.21. The van der Waals surface area contributed by atoms with Crippen LogP contribution in [0.25, 0.3) is 0 Å². The van der Waals surface area contributed by atoms with Gasteiger partial charge in [-0.05, 0) is 18.6 Å². The van der Waals surface area contributed by atoms with E-state index in [4.69, 9.17) is 5.11 Å². The Morgan fingerprint density at radius 2 is 2.22 bits per heavy atom. The van der Waals surface area contributed by atoms with E-state index < -0.39 is 23.8 Å². The summed E-state index contributed by atoms with van der Waals surface area (Å²) in [6, 6.07) is 0.692. The Morgan fingerprint density at radius 1 is 1.56 bits per heavy atom. The van der Waals surface area contributed by atoms with E-state index in [1.807, 2.05) is 0 Å². The fourth-order valence-corrected chi connectivity index (χ4v) is 1.41. The molecule has 0 radical (unpaired) electrons. The quantitative estimate of drug-likeness (QED) is 0.856. The Bertz CT molecular complexity index is 421. The zero-order valence-corrected chi connectivity index (χ0v) is 9.66. The van der Waals surface area contributed by atoms with Gasteiger partial charge in [-0.15, -0.1) is 0 Å². The molecular weight excluding hydrogens is 249 g/mol. The van der Waals surface area contributed by atoms with Crippen LogP contribution in [0, 0.1) is 0 Å². The van der Waals surface area contributed by atoms with Gasteiger partial charge in [0.15, 0.2) is 0 Å². The van der Waals surface area contributed by atoms with E-state index in [2.05, 4.69) is 10.3 Å². The first kappa shape index (κ1) is 14.3. The van der Waals surface area contributed by atoms with Crippen LogP contribution in [0.5, 0.6) is 0 Å². The zero-order valence-electron chi connectivity index (χ0n) is 9.66. The van der Waals surface area contributed by atoms with Crippen molar-refractivity contribution in [3.05, 3.63) is 23.9 Å². The molecule has 1 unspecified atom stereocenters. The number of pyridine rings is 1. The number of rotatable bonds is 5. The van der Waals surface area contributed by atoms with Gasteiger partial charge in [-0.1, -0.05) is 13.3 Å². The van der Waals surface area contributed by atoms with Gasteiger partial charge in [0, 0.05) is 6.20 Å². The summed E-state index contributed by atoms with van der Waals surface area (Å²) in [4.78, 5) is 14.5. The summed E-state index contributed by atoms with van der Waals surface area (Å²) in [6.07, 6.45) is -2.56. The van der Waals surface area contributed by atoms with Crippen molar-refractivity contribution in [3.8, 4) is 0 Å². The molecule has 0 spiro atoms. The Hall–Kier alpha value is -1.79. The number of halogens is 3. The van der Waals surface area contributed by atoms with Gasteiger partial charge in [0.2, 0.25) is 0 Å². The molecule has 0 fully saturated rings. The number of nitrogens with one attached hydrogen (secondary N) is 1. The van der Waals surface area contributed by atoms with Crippen LogP contribution in [0.15, 0.2) is 18.3 Å². The smallest absolute Gasteiger partial charge is 0.416 e. The molecule has 0 aromatic carbocycles. The van der Waals surface area contributed by atoms with Crippen molar-refractivity contribution in [3.63, 3.8) is 0 Å². The summed E-state index contributed by atoms with van der Waals surface area (Å²) in [5, 5.41) is 11.4. The number of alkyl halides is 3. The monoisotopic (exact) mass is 262 g/mol. The number of carboxylic acid groups (broad SMARTS) is 1. The van der Waals surface area contributed by atoms with Crippen molar-refractivity contribution in [2.75, 3.05) is 5.32 Å². The number of aliphatic carboxylic acids is 1. The minimum absolute atomic E-state index is 0.0920. The number of nitrogens with zero attached hydrogens (tertiary/aromatic N) is 1. The zero-order chi connectivity index (χ0) is 13.8. The van der Waals surface area contributed by atoms with E-state index in [0.717, 1.165) is 18.3 Å². The maximum absolute atomic E-state index is 12.4. The molecule has 1 atom stereocenters. The molecule has 0 amide bonds. The molecular formula is C11H13F3N2O2.